The molecule has 0 saturated carbocycles. The highest BCUT2D eigenvalue weighted by Crippen LogP contribution is 2.23. The fraction of sp³-hybridized carbons (Fsp3) is 1.00. The van der Waals surface area contributed by atoms with Gasteiger partial charge in [-0.1, -0.05) is 13.8 Å². The second-order valence-electron chi connectivity index (χ2n) is 7.49. The van der Waals surface area contributed by atoms with Crippen LogP contribution in [0.15, 0.2) is 0 Å². The summed E-state index contributed by atoms with van der Waals surface area (Å²) in [5.41, 5.74) is 0. The molecule has 3 heterocycles. The fourth-order valence-electron chi connectivity index (χ4n) is 4.41. The van der Waals surface area contributed by atoms with Crippen LogP contribution < -0.4 is 0 Å². The van der Waals surface area contributed by atoms with E-state index in [4.69, 9.17) is 0 Å². The highest BCUT2D eigenvalue weighted by molar-refractivity contribution is 4.86. The Bertz CT molecular complexity index is 306. The highest BCUT2D eigenvalue weighted by Gasteiger charge is 2.30. The van der Waals surface area contributed by atoms with Gasteiger partial charge >= 0.3 is 0 Å². The van der Waals surface area contributed by atoms with Crippen LogP contribution >= 0.6 is 0 Å². The lowest BCUT2D eigenvalue weighted by Crippen LogP contribution is -2.51. The summed E-state index contributed by atoms with van der Waals surface area (Å²) < 4.78 is 0. The topological polar surface area (TPSA) is 13.0 Å². The first-order valence-corrected chi connectivity index (χ1v) is 10.1. The zero-order valence-electron chi connectivity index (χ0n) is 16.1. The number of nitrogens with zero attached hydrogens (tertiary/aromatic N) is 4. The Kier molecular flexibility index (Phi) is 8.31. The first-order valence-electron chi connectivity index (χ1n) is 10.1. The summed E-state index contributed by atoms with van der Waals surface area (Å²) in [6.07, 6.45) is 6.92. The molecular weight excluding hydrogens is 284 g/mol. The summed E-state index contributed by atoms with van der Waals surface area (Å²) in [5, 5.41) is 0. The van der Waals surface area contributed by atoms with Gasteiger partial charge in [0, 0.05) is 25.2 Å². The fourth-order valence-corrected chi connectivity index (χ4v) is 4.41. The number of likely N-dealkylation sites (tertiary alicyclic amines) is 2. The smallest absolute Gasteiger partial charge is 0.0120 e. The van der Waals surface area contributed by atoms with E-state index in [1.165, 1.54) is 84.5 Å². The van der Waals surface area contributed by atoms with Crippen LogP contribution in [0.5, 0.6) is 0 Å². The predicted octanol–water partition coefficient (Wildman–Crippen LogP) is 2.21. The second-order valence-corrected chi connectivity index (χ2v) is 7.49. The van der Waals surface area contributed by atoms with Crippen molar-refractivity contribution in [3.05, 3.63) is 0 Å². The second kappa shape index (κ2) is 9.97. The van der Waals surface area contributed by atoms with Crippen LogP contribution in [-0.4, -0.2) is 98.1 Å². The van der Waals surface area contributed by atoms with Gasteiger partial charge < -0.3 is 14.7 Å². The first kappa shape index (κ1) is 19.2. The molecule has 4 nitrogen and oxygen atoms in total. The summed E-state index contributed by atoms with van der Waals surface area (Å²) >= 11 is 0. The Morgan fingerprint density at radius 3 is 1.61 bits per heavy atom. The average Bonchev–Trinajstić information content (AvgIpc) is 2.82. The molecule has 4 heteroatoms. The molecule has 0 N–H and O–H groups in total. The standard InChI is InChI=1S/C17H34N4.C2H6/c1-18-8-3-9-20(15-14-18)17-6-12-21(13-7-17)16-4-10-19(2)11-5-16;1-2/h16-17H,3-15H2,1-2H3;1-2H3. The third kappa shape index (κ3) is 5.70. The van der Waals surface area contributed by atoms with Crippen LogP contribution in [0.4, 0.5) is 0 Å². The van der Waals surface area contributed by atoms with Crippen molar-refractivity contribution >= 4 is 0 Å². The Morgan fingerprint density at radius 1 is 0.522 bits per heavy atom. The number of rotatable bonds is 2. The van der Waals surface area contributed by atoms with Crippen molar-refractivity contribution in [1.82, 2.24) is 19.6 Å². The lowest BCUT2D eigenvalue weighted by Gasteiger charge is -2.43. The molecular formula is C19H40N4. The Morgan fingerprint density at radius 2 is 1.00 bits per heavy atom. The summed E-state index contributed by atoms with van der Waals surface area (Å²) in [7, 11) is 4.53. The van der Waals surface area contributed by atoms with Gasteiger partial charge in [-0.15, -0.1) is 0 Å². The van der Waals surface area contributed by atoms with Gasteiger partial charge in [0.25, 0.3) is 0 Å². The van der Waals surface area contributed by atoms with Crippen LogP contribution in [0.1, 0.15) is 46.0 Å². The van der Waals surface area contributed by atoms with E-state index in [9.17, 15) is 0 Å². The summed E-state index contributed by atoms with van der Waals surface area (Å²) in [6, 6.07) is 1.73. The maximum absolute atomic E-state index is 2.80. The summed E-state index contributed by atoms with van der Waals surface area (Å²) in [6.45, 7) is 14.4. The first-order chi connectivity index (χ1) is 11.2. The Balaban J connectivity index is 0.000000924. The molecule has 0 spiro atoms. The zero-order valence-corrected chi connectivity index (χ0v) is 16.1. The van der Waals surface area contributed by atoms with Gasteiger partial charge in [-0.2, -0.15) is 0 Å². The van der Waals surface area contributed by atoms with Gasteiger partial charge in [-0.05, 0) is 85.5 Å². The monoisotopic (exact) mass is 324 g/mol. The Hall–Kier alpha value is -0.160. The largest absolute Gasteiger partial charge is 0.306 e. The van der Waals surface area contributed by atoms with E-state index in [1.54, 1.807) is 0 Å². The molecule has 3 aliphatic heterocycles. The quantitative estimate of drug-likeness (QED) is 0.772. The molecule has 0 aromatic heterocycles. The molecule has 0 amide bonds. The lowest BCUT2D eigenvalue weighted by molar-refractivity contribution is 0.0605. The normalized spacial score (nSPS) is 28.2. The maximum Gasteiger partial charge on any atom is 0.0120 e. The van der Waals surface area contributed by atoms with Gasteiger partial charge in [-0.3, -0.25) is 4.90 Å². The van der Waals surface area contributed by atoms with Gasteiger partial charge in [0.1, 0.15) is 0 Å². The zero-order chi connectivity index (χ0) is 16.7. The van der Waals surface area contributed by atoms with Gasteiger partial charge in [-0.25, -0.2) is 0 Å². The third-order valence-electron chi connectivity index (χ3n) is 5.97. The third-order valence-corrected chi connectivity index (χ3v) is 5.97. The van der Waals surface area contributed by atoms with Crippen LogP contribution in [-0.2, 0) is 0 Å². The van der Waals surface area contributed by atoms with Crippen molar-refractivity contribution in [2.45, 2.75) is 58.0 Å². The van der Waals surface area contributed by atoms with E-state index in [0.717, 1.165) is 12.1 Å². The predicted molar refractivity (Wildman–Crippen MR) is 100 cm³/mol. The van der Waals surface area contributed by atoms with Gasteiger partial charge in [0.15, 0.2) is 0 Å². The van der Waals surface area contributed by atoms with E-state index in [0.29, 0.717) is 0 Å². The molecule has 0 atom stereocenters. The maximum atomic E-state index is 2.80. The number of hydrogen-bond acceptors (Lipinski definition) is 4. The summed E-state index contributed by atoms with van der Waals surface area (Å²) in [4.78, 5) is 10.6. The molecule has 0 aromatic rings. The van der Waals surface area contributed by atoms with Crippen molar-refractivity contribution in [1.29, 1.82) is 0 Å². The molecule has 0 bridgehead atoms. The minimum atomic E-state index is 0.860. The van der Waals surface area contributed by atoms with E-state index in [-0.39, 0.29) is 0 Å². The molecule has 3 aliphatic rings. The Labute approximate surface area is 144 Å². The van der Waals surface area contributed by atoms with Crippen molar-refractivity contribution in [3.63, 3.8) is 0 Å². The molecule has 136 valence electrons. The van der Waals surface area contributed by atoms with E-state index in [2.05, 4.69) is 33.7 Å². The molecule has 0 aliphatic carbocycles. The van der Waals surface area contributed by atoms with Gasteiger partial charge in [0.2, 0.25) is 0 Å². The van der Waals surface area contributed by atoms with E-state index >= 15 is 0 Å². The number of hydrogen-bond donors (Lipinski definition) is 0. The van der Waals surface area contributed by atoms with Crippen LogP contribution in [0.25, 0.3) is 0 Å². The van der Waals surface area contributed by atoms with Crippen molar-refractivity contribution in [3.8, 4) is 0 Å². The SMILES string of the molecule is CC.CN1CCC(N2CCC(N3CCCN(C)CC3)CC2)CC1. The van der Waals surface area contributed by atoms with E-state index < -0.39 is 0 Å². The van der Waals surface area contributed by atoms with Gasteiger partial charge in [0.05, 0.1) is 0 Å². The molecule has 0 unspecified atom stereocenters. The molecule has 23 heavy (non-hydrogen) atoms. The highest BCUT2D eigenvalue weighted by atomic mass is 15.3. The van der Waals surface area contributed by atoms with Crippen molar-refractivity contribution < 1.29 is 0 Å². The van der Waals surface area contributed by atoms with Crippen LogP contribution in [0.2, 0.25) is 0 Å². The molecule has 0 aromatic carbocycles. The average molecular weight is 325 g/mol. The molecule has 0 radical (unpaired) electrons. The number of likely N-dealkylation sites (N-methyl/N-ethyl adjacent to an activating group) is 1. The summed E-state index contributed by atoms with van der Waals surface area (Å²) in [5.74, 6) is 0. The minimum Gasteiger partial charge on any atom is -0.306 e. The van der Waals surface area contributed by atoms with Crippen molar-refractivity contribution in [2.24, 2.45) is 0 Å². The number of piperidine rings is 2. The van der Waals surface area contributed by atoms with Crippen molar-refractivity contribution in [2.75, 3.05) is 66.5 Å². The van der Waals surface area contributed by atoms with E-state index in [1.807, 2.05) is 13.8 Å². The molecule has 3 rings (SSSR count). The van der Waals surface area contributed by atoms with Crippen LogP contribution in [0.3, 0.4) is 0 Å². The minimum absolute atomic E-state index is 0.860. The molecule has 3 saturated heterocycles. The lowest BCUT2D eigenvalue weighted by atomic mass is 9.97. The van der Waals surface area contributed by atoms with Crippen LogP contribution in [0, 0.1) is 0 Å². The molecule has 3 fully saturated rings.